The smallest absolute Gasteiger partial charge is 0.254 e. The molecule has 0 unspecified atom stereocenters. The molecule has 5 rings (SSSR count). The molecular weight excluding hydrogens is 428 g/mol. The van der Waals surface area contributed by atoms with E-state index in [2.05, 4.69) is 51.8 Å². The van der Waals surface area contributed by atoms with Gasteiger partial charge in [0, 0.05) is 37.4 Å². The number of anilines is 4. The Hall–Kier alpha value is -3.65. The van der Waals surface area contributed by atoms with E-state index in [1.54, 1.807) is 13.3 Å². The van der Waals surface area contributed by atoms with Crippen LogP contribution in [0.25, 0.3) is 0 Å². The predicted molar refractivity (Wildman–Crippen MR) is 133 cm³/mol. The highest BCUT2D eigenvalue weighted by Crippen LogP contribution is 2.34. The van der Waals surface area contributed by atoms with Crippen LogP contribution in [-0.2, 0) is 19.5 Å². The number of carbonyl (C=O) groups is 1. The number of rotatable bonds is 6. The molecule has 1 aromatic heterocycles. The van der Waals surface area contributed by atoms with E-state index in [0.717, 1.165) is 47.8 Å². The van der Waals surface area contributed by atoms with Crippen LogP contribution in [-0.4, -0.2) is 40.5 Å². The zero-order chi connectivity index (χ0) is 23.8. The molecule has 0 saturated heterocycles. The van der Waals surface area contributed by atoms with Gasteiger partial charge in [-0.3, -0.25) is 9.69 Å². The standard InChI is InChI=1S/C26H30N6O2/c1-15(2)32-9-8-17-10-21(22(34-4)11-19(17)14-32)30-26-28-12-16(3)24(31-26)29-20-7-5-6-18-13-27-25(33)23(18)20/h5-7,10-12,15H,8-9,13-14H2,1-4H3,(H,27,33)(H2,28,29,30,31). The molecule has 176 valence electrons. The molecule has 0 spiro atoms. The van der Waals surface area contributed by atoms with Gasteiger partial charge in [-0.25, -0.2) is 4.98 Å². The Labute approximate surface area is 199 Å². The van der Waals surface area contributed by atoms with Crippen molar-refractivity contribution < 1.29 is 9.53 Å². The topological polar surface area (TPSA) is 91.4 Å². The van der Waals surface area contributed by atoms with Crippen molar-refractivity contribution in [1.29, 1.82) is 0 Å². The van der Waals surface area contributed by atoms with E-state index in [-0.39, 0.29) is 5.91 Å². The molecule has 34 heavy (non-hydrogen) atoms. The molecule has 0 bridgehead atoms. The highest BCUT2D eigenvalue weighted by Gasteiger charge is 2.23. The summed E-state index contributed by atoms with van der Waals surface area (Å²) >= 11 is 0. The number of methoxy groups -OCH3 is 1. The van der Waals surface area contributed by atoms with Crippen LogP contribution < -0.4 is 20.7 Å². The number of carbonyl (C=O) groups excluding carboxylic acids is 1. The first-order valence-electron chi connectivity index (χ1n) is 11.6. The summed E-state index contributed by atoms with van der Waals surface area (Å²) in [5, 5.41) is 9.55. The van der Waals surface area contributed by atoms with E-state index in [4.69, 9.17) is 9.72 Å². The number of aryl methyl sites for hydroxylation is 1. The number of nitrogens with zero attached hydrogens (tertiary/aromatic N) is 3. The maximum atomic E-state index is 12.3. The first kappa shape index (κ1) is 22.2. The van der Waals surface area contributed by atoms with Gasteiger partial charge in [0.1, 0.15) is 11.6 Å². The van der Waals surface area contributed by atoms with Crippen LogP contribution in [0.15, 0.2) is 36.5 Å². The van der Waals surface area contributed by atoms with Crippen LogP contribution in [0.3, 0.4) is 0 Å². The molecule has 2 aliphatic heterocycles. The van der Waals surface area contributed by atoms with Crippen LogP contribution in [0.2, 0.25) is 0 Å². The number of amides is 1. The van der Waals surface area contributed by atoms with E-state index in [0.29, 0.717) is 29.9 Å². The van der Waals surface area contributed by atoms with Crippen molar-refractivity contribution >= 4 is 29.0 Å². The maximum Gasteiger partial charge on any atom is 0.254 e. The van der Waals surface area contributed by atoms with Gasteiger partial charge < -0.3 is 20.7 Å². The van der Waals surface area contributed by atoms with E-state index in [9.17, 15) is 4.79 Å². The average Bonchev–Trinajstić information content (AvgIpc) is 3.22. The van der Waals surface area contributed by atoms with E-state index in [1.165, 1.54) is 11.1 Å². The first-order chi connectivity index (χ1) is 16.4. The molecule has 0 radical (unpaired) electrons. The molecule has 8 heteroatoms. The molecule has 0 atom stereocenters. The molecule has 0 aliphatic carbocycles. The second-order valence-electron chi connectivity index (χ2n) is 9.13. The van der Waals surface area contributed by atoms with Gasteiger partial charge in [-0.1, -0.05) is 12.1 Å². The van der Waals surface area contributed by atoms with Gasteiger partial charge in [0.2, 0.25) is 5.95 Å². The van der Waals surface area contributed by atoms with E-state index in [1.807, 2.05) is 25.1 Å². The van der Waals surface area contributed by atoms with Gasteiger partial charge >= 0.3 is 0 Å². The molecule has 8 nitrogen and oxygen atoms in total. The van der Waals surface area contributed by atoms with Crippen molar-refractivity contribution in [3.8, 4) is 5.75 Å². The number of nitrogens with one attached hydrogen (secondary N) is 3. The number of ether oxygens (including phenoxy) is 1. The highest BCUT2D eigenvalue weighted by molar-refractivity contribution is 6.04. The predicted octanol–water partition coefficient (Wildman–Crippen LogP) is 4.29. The summed E-state index contributed by atoms with van der Waals surface area (Å²) in [6.45, 7) is 8.92. The number of aromatic nitrogens is 2. The first-order valence-corrected chi connectivity index (χ1v) is 11.6. The van der Waals surface area contributed by atoms with Crippen LogP contribution in [0.5, 0.6) is 5.75 Å². The molecule has 2 aromatic carbocycles. The highest BCUT2D eigenvalue weighted by atomic mass is 16.5. The molecule has 1 amide bonds. The Bertz CT molecular complexity index is 1260. The van der Waals surface area contributed by atoms with Gasteiger partial charge in [-0.2, -0.15) is 4.98 Å². The molecule has 0 fully saturated rings. The number of benzene rings is 2. The zero-order valence-corrected chi connectivity index (χ0v) is 20.0. The zero-order valence-electron chi connectivity index (χ0n) is 20.0. The Morgan fingerprint density at radius 3 is 2.76 bits per heavy atom. The molecule has 0 saturated carbocycles. The minimum absolute atomic E-state index is 0.0713. The van der Waals surface area contributed by atoms with E-state index < -0.39 is 0 Å². The molecule has 3 N–H and O–H groups in total. The Balaban J connectivity index is 1.42. The van der Waals surface area contributed by atoms with E-state index >= 15 is 0 Å². The fourth-order valence-corrected chi connectivity index (χ4v) is 4.58. The molecule has 3 aromatic rings. The van der Waals surface area contributed by atoms with Crippen molar-refractivity contribution in [2.75, 3.05) is 24.3 Å². The minimum atomic E-state index is -0.0713. The Morgan fingerprint density at radius 2 is 1.97 bits per heavy atom. The second kappa shape index (κ2) is 8.95. The fraction of sp³-hybridized carbons (Fsp3) is 0.346. The van der Waals surface area contributed by atoms with Gasteiger partial charge in [-0.15, -0.1) is 0 Å². The van der Waals surface area contributed by atoms with Gasteiger partial charge in [0.05, 0.1) is 24.0 Å². The summed E-state index contributed by atoms with van der Waals surface area (Å²) < 4.78 is 5.69. The SMILES string of the molecule is COc1cc2c(cc1Nc1ncc(C)c(Nc3cccc4c3C(=O)NC4)n1)CCN(C(C)C)C2. The average molecular weight is 459 g/mol. The largest absolute Gasteiger partial charge is 0.495 e. The van der Waals surface area contributed by atoms with Crippen molar-refractivity contribution in [3.05, 3.63) is 64.3 Å². The van der Waals surface area contributed by atoms with Crippen molar-refractivity contribution in [2.24, 2.45) is 0 Å². The Kier molecular flexibility index (Phi) is 5.83. The lowest BCUT2D eigenvalue weighted by Crippen LogP contribution is -2.35. The third-order valence-corrected chi connectivity index (χ3v) is 6.58. The number of hydrogen-bond donors (Lipinski definition) is 3. The Morgan fingerprint density at radius 1 is 1.12 bits per heavy atom. The number of fused-ring (bicyclic) bond motifs is 2. The third kappa shape index (κ3) is 4.17. The fourth-order valence-electron chi connectivity index (χ4n) is 4.58. The summed E-state index contributed by atoms with van der Waals surface area (Å²) in [6.07, 6.45) is 2.77. The van der Waals surface area contributed by atoms with Gasteiger partial charge in [-0.05, 0) is 62.1 Å². The lowest BCUT2D eigenvalue weighted by atomic mass is 9.97. The summed E-state index contributed by atoms with van der Waals surface area (Å²) in [5.41, 5.74) is 6.72. The van der Waals surface area contributed by atoms with Gasteiger partial charge in [0.25, 0.3) is 5.91 Å². The van der Waals surface area contributed by atoms with Crippen LogP contribution in [0.1, 0.15) is 46.5 Å². The van der Waals surface area contributed by atoms with Crippen LogP contribution in [0, 0.1) is 6.92 Å². The summed E-state index contributed by atoms with van der Waals surface area (Å²) in [5.74, 6) is 1.80. The molecular formula is C26H30N6O2. The summed E-state index contributed by atoms with van der Waals surface area (Å²) in [7, 11) is 1.68. The minimum Gasteiger partial charge on any atom is -0.495 e. The normalized spacial score (nSPS) is 15.0. The quantitative estimate of drug-likeness (QED) is 0.508. The summed E-state index contributed by atoms with van der Waals surface area (Å²) in [6, 6.07) is 10.6. The summed E-state index contributed by atoms with van der Waals surface area (Å²) in [4.78, 5) is 24.0. The van der Waals surface area contributed by atoms with Crippen molar-refractivity contribution in [2.45, 2.75) is 46.3 Å². The molecule has 3 heterocycles. The van der Waals surface area contributed by atoms with Gasteiger partial charge in [0.15, 0.2) is 0 Å². The van der Waals surface area contributed by atoms with Crippen molar-refractivity contribution in [1.82, 2.24) is 20.2 Å². The van der Waals surface area contributed by atoms with Crippen LogP contribution >= 0.6 is 0 Å². The monoisotopic (exact) mass is 458 g/mol. The second-order valence-corrected chi connectivity index (χ2v) is 9.13. The lowest BCUT2D eigenvalue weighted by molar-refractivity contribution is 0.0966. The molecule has 2 aliphatic rings. The third-order valence-electron chi connectivity index (χ3n) is 6.58. The van der Waals surface area contributed by atoms with Crippen molar-refractivity contribution in [3.63, 3.8) is 0 Å². The lowest BCUT2D eigenvalue weighted by Gasteiger charge is -2.32. The number of hydrogen-bond acceptors (Lipinski definition) is 7. The maximum absolute atomic E-state index is 12.3. The van der Waals surface area contributed by atoms with Crippen LogP contribution in [0.4, 0.5) is 23.1 Å².